The first kappa shape index (κ1) is 25.0. The highest BCUT2D eigenvalue weighted by molar-refractivity contribution is 5.91. The first-order valence-corrected chi connectivity index (χ1v) is 11.9. The van der Waals surface area contributed by atoms with E-state index in [2.05, 4.69) is 15.6 Å². The van der Waals surface area contributed by atoms with Crippen molar-refractivity contribution in [1.82, 2.24) is 15.6 Å². The number of nitrogens with one attached hydrogen (secondary N) is 3. The fraction of sp³-hybridized carbons (Fsp3) is 0.241. The lowest BCUT2D eigenvalue weighted by atomic mass is 9.91. The molecule has 0 aliphatic carbocycles. The summed E-state index contributed by atoms with van der Waals surface area (Å²) in [4.78, 5) is 29.6. The molecule has 3 aromatic carbocycles. The summed E-state index contributed by atoms with van der Waals surface area (Å²) in [5.74, 6) is -0.804. The average molecular weight is 488 g/mol. The Morgan fingerprint density at radius 3 is 2.50 bits per heavy atom. The molecular formula is C29H30FN3O3. The Morgan fingerprint density at radius 1 is 1.03 bits per heavy atom. The maximum Gasteiger partial charge on any atom is 0.408 e. The normalized spacial score (nSPS) is 13.6. The summed E-state index contributed by atoms with van der Waals surface area (Å²) < 4.78 is 19.5. The van der Waals surface area contributed by atoms with Gasteiger partial charge in [0.05, 0.1) is 6.04 Å². The van der Waals surface area contributed by atoms with Crippen LogP contribution in [-0.2, 0) is 22.6 Å². The van der Waals surface area contributed by atoms with Crippen molar-refractivity contribution in [2.24, 2.45) is 0 Å². The third kappa shape index (κ3) is 5.74. The van der Waals surface area contributed by atoms with E-state index in [1.165, 1.54) is 6.07 Å². The molecular weight excluding hydrogens is 457 g/mol. The second-order valence-electron chi connectivity index (χ2n) is 9.27. The van der Waals surface area contributed by atoms with Crippen LogP contribution in [0.4, 0.5) is 9.18 Å². The fourth-order valence-corrected chi connectivity index (χ4v) is 4.20. The minimum absolute atomic E-state index is 0.221. The molecule has 0 radical (unpaired) electrons. The van der Waals surface area contributed by atoms with Crippen LogP contribution in [0.2, 0.25) is 0 Å². The van der Waals surface area contributed by atoms with Gasteiger partial charge in [0.25, 0.3) is 0 Å². The van der Waals surface area contributed by atoms with Crippen LogP contribution < -0.4 is 10.6 Å². The molecule has 0 fully saturated rings. The van der Waals surface area contributed by atoms with Crippen molar-refractivity contribution in [2.75, 3.05) is 0 Å². The van der Waals surface area contributed by atoms with E-state index in [-0.39, 0.29) is 30.5 Å². The zero-order valence-corrected chi connectivity index (χ0v) is 20.6. The van der Waals surface area contributed by atoms with E-state index in [9.17, 15) is 14.0 Å². The Morgan fingerprint density at radius 2 is 1.75 bits per heavy atom. The summed E-state index contributed by atoms with van der Waals surface area (Å²) in [6.45, 7) is 5.09. The standard InChI is InChI=1S/C29H30FN3O3/c1-19-13-14-22(25(30)15-19)18-36-28(35)33-29(3,16-23-17-31-26-12-8-7-11-24(23)26)27(34)32-20(2)21-9-5-4-6-10-21/h4-15,17,20,31H,16,18H2,1-3H3,(H,32,34)(H,33,35)/t20-,29+/m0/s1. The number of alkyl carbamates (subject to hydrolysis) is 1. The van der Waals surface area contributed by atoms with Gasteiger partial charge in [-0.25, -0.2) is 9.18 Å². The number of rotatable bonds is 8. The number of carbonyl (C=O) groups excluding carboxylic acids is 2. The summed E-state index contributed by atoms with van der Waals surface area (Å²) in [7, 11) is 0. The molecule has 36 heavy (non-hydrogen) atoms. The summed E-state index contributed by atoms with van der Waals surface area (Å²) in [6, 6.07) is 21.8. The topological polar surface area (TPSA) is 83.2 Å². The highest BCUT2D eigenvalue weighted by Gasteiger charge is 2.37. The molecule has 0 bridgehead atoms. The molecule has 3 N–H and O–H groups in total. The third-order valence-corrected chi connectivity index (χ3v) is 6.31. The largest absolute Gasteiger partial charge is 0.445 e. The minimum Gasteiger partial charge on any atom is -0.445 e. The van der Waals surface area contributed by atoms with Gasteiger partial charge >= 0.3 is 6.09 Å². The number of halogens is 1. The molecule has 186 valence electrons. The Bertz CT molecular complexity index is 1370. The third-order valence-electron chi connectivity index (χ3n) is 6.31. The van der Waals surface area contributed by atoms with Gasteiger partial charge < -0.3 is 20.4 Å². The van der Waals surface area contributed by atoms with Crippen LogP contribution in [-0.4, -0.2) is 22.5 Å². The number of fused-ring (bicyclic) bond motifs is 1. The van der Waals surface area contributed by atoms with Crippen molar-refractivity contribution in [3.63, 3.8) is 0 Å². The minimum atomic E-state index is -1.34. The number of hydrogen-bond acceptors (Lipinski definition) is 3. The second kappa shape index (κ2) is 10.6. The zero-order chi connectivity index (χ0) is 25.7. The molecule has 4 aromatic rings. The molecule has 2 atom stereocenters. The predicted octanol–water partition coefficient (Wildman–Crippen LogP) is 5.72. The molecule has 1 aromatic heterocycles. The van der Waals surface area contributed by atoms with Crippen LogP contribution in [0, 0.1) is 12.7 Å². The van der Waals surface area contributed by atoms with Gasteiger partial charge in [0, 0.05) is 29.1 Å². The van der Waals surface area contributed by atoms with Crippen molar-refractivity contribution in [2.45, 2.75) is 45.4 Å². The molecule has 0 saturated heterocycles. The van der Waals surface area contributed by atoms with Crippen LogP contribution in [0.3, 0.4) is 0 Å². The van der Waals surface area contributed by atoms with E-state index in [4.69, 9.17) is 4.74 Å². The lowest BCUT2D eigenvalue weighted by Gasteiger charge is -2.31. The van der Waals surface area contributed by atoms with E-state index in [1.807, 2.05) is 67.7 Å². The Balaban J connectivity index is 1.54. The number of aromatic nitrogens is 1. The van der Waals surface area contributed by atoms with E-state index in [0.29, 0.717) is 0 Å². The van der Waals surface area contributed by atoms with Crippen molar-refractivity contribution in [3.05, 3.63) is 107 Å². The van der Waals surface area contributed by atoms with Crippen molar-refractivity contribution >= 4 is 22.9 Å². The number of H-pyrrole nitrogens is 1. The molecule has 4 rings (SSSR count). The number of para-hydroxylation sites is 1. The molecule has 0 saturated carbocycles. The molecule has 1 heterocycles. The number of aryl methyl sites for hydroxylation is 1. The van der Waals surface area contributed by atoms with Gasteiger partial charge in [-0.15, -0.1) is 0 Å². The summed E-state index contributed by atoms with van der Waals surface area (Å²) in [5, 5.41) is 6.72. The summed E-state index contributed by atoms with van der Waals surface area (Å²) >= 11 is 0. The highest BCUT2D eigenvalue weighted by Crippen LogP contribution is 2.24. The van der Waals surface area contributed by atoms with Crippen molar-refractivity contribution < 1.29 is 18.7 Å². The van der Waals surface area contributed by atoms with E-state index < -0.39 is 17.4 Å². The predicted molar refractivity (Wildman–Crippen MR) is 138 cm³/mol. The van der Waals surface area contributed by atoms with Gasteiger partial charge in [0.15, 0.2) is 0 Å². The van der Waals surface area contributed by atoms with Crippen LogP contribution in [0.25, 0.3) is 10.9 Å². The van der Waals surface area contributed by atoms with Gasteiger partial charge in [-0.05, 0) is 49.6 Å². The van der Waals surface area contributed by atoms with Gasteiger partial charge in [-0.1, -0.05) is 60.7 Å². The van der Waals surface area contributed by atoms with Gasteiger partial charge in [-0.3, -0.25) is 4.79 Å². The monoisotopic (exact) mass is 487 g/mol. The molecule has 2 amide bonds. The number of ether oxygens (including phenoxy) is 1. The SMILES string of the molecule is Cc1ccc(COC(=O)N[C@](C)(Cc2c[nH]c3ccccc23)C(=O)N[C@@H](C)c2ccccc2)c(F)c1. The molecule has 6 nitrogen and oxygen atoms in total. The molecule has 0 aliphatic heterocycles. The highest BCUT2D eigenvalue weighted by atomic mass is 19.1. The Labute approximate surface area is 209 Å². The number of aromatic amines is 1. The smallest absolute Gasteiger partial charge is 0.408 e. The van der Waals surface area contributed by atoms with Crippen LogP contribution in [0.15, 0.2) is 79.0 Å². The van der Waals surface area contributed by atoms with Crippen LogP contribution in [0.1, 0.15) is 42.1 Å². The van der Waals surface area contributed by atoms with Crippen molar-refractivity contribution in [1.29, 1.82) is 0 Å². The number of hydrogen-bond donors (Lipinski definition) is 3. The van der Waals surface area contributed by atoms with E-state index in [0.717, 1.165) is 27.6 Å². The quantitative estimate of drug-likeness (QED) is 0.297. The lowest BCUT2D eigenvalue weighted by Crippen LogP contribution is -2.58. The maximum absolute atomic E-state index is 14.2. The number of carbonyl (C=O) groups is 2. The van der Waals surface area contributed by atoms with Crippen LogP contribution in [0.5, 0.6) is 0 Å². The first-order chi connectivity index (χ1) is 17.2. The molecule has 7 heteroatoms. The number of benzene rings is 3. The van der Waals surface area contributed by atoms with Gasteiger partial charge in [0.2, 0.25) is 5.91 Å². The van der Waals surface area contributed by atoms with E-state index >= 15 is 0 Å². The maximum atomic E-state index is 14.2. The number of amides is 2. The van der Waals surface area contributed by atoms with Crippen molar-refractivity contribution in [3.8, 4) is 0 Å². The average Bonchev–Trinajstić information content (AvgIpc) is 3.26. The Kier molecular flexibility index (Phi) is 7.38. The zero-order valence-electron chi connectivity index (χ0n) is 20.6. The second-order valence-corrected chi connectivity index (χ2v) is 9.27. The van der Waals surface area contributed by atoms with Gasteiger partial charge in [0.1, 0.15) is 18.0 Å². The molecule has 0 aliphatic rings. The molecule has 0 unspecified atom stereocenters. The van der Waals surface area contributed by atoms with Crippen LogP contribution >= 0.6 is 0 Å². The first-order valence-electron chi connectivity index (χ1n) is 11.9. The summed E-state index contributed by atoms with van der Waals surface area (Å²) in [6.07, 6.45) is 1.25. The lowest BCUT2D eigenvalue weighted by molar-refractivity contribution is -0.127. The Hall–Kier alpha value is -4.13. The van der Waals surface area contributed by atoms with E-state index in [1.54, 1.807) is 26.0 Å². The fourth-order valence-electron chi connectivity index (χ4n) is 4.20. The van der Waals surface area contributed by atoms with Gasteiger partial charge in [-0.2, -0.15) is 0 Å². The molecule has 0 spiro atoms. The summed E-state index contributed by atoms with van der Waals surface area (Å²) in [5.41, 5.74) is 2.45.